The van der Waals surface area contributed by atoms with E-state index in [4.69, 9.17) is 23.2 Å². The lowest BCUT2D eigenvalue weighted by atomic mass is 10.1. The van der Waals surface area contributed by atoms with Gasteiger partial charge >= 0.3 is 0 Å². The molecule has 1 nitrogen and oxygen atoms in total. The van der Waals surface area contributed by atoms with E-state index in [2.05, 4.69) is 18.0 Å². The molecule has 0 saturated heterocycles. The number of allylic oxidation sites excluding steroid dienone is 1. The predicted octanol–water partition coefficient (Wildman–Crippen LogP) is 4.77. The first-order valence-electron chi connectivity index (χ1n) is 5.34. The van der Waals surface area contributed by atoms with E-state index in [9.17, 15) is 0 Å². The second-order valence-corrected chi connectivity index (χ2v) is 4.16. The normalized spacial score (nSPS) is 13.8. The van der Waals surface area contributed by atoms with Gasteiger partial charge in [0.2, 0.25) is 0 Å². The van der Waals surface area contributed by atoms with Gasteiger partial charge in [-0.15, -0.1) is 0 Å². The van der Waals surface area contributed by atoms with Crippen LogP contribution in [0.3, 0.4) is 0 Å². The predicted molar refractivity (Wildman–Crippen MR) is 73.0 cm³/mol. The number of halogens is 2. The van der Waals surface area contributed by atoms with Gasteiger partial charge < -0.3 is 0 Å². The molecule has 1 aliphatic heterocycles. The second kappa shape index (κ2) is 6.07. The molecule has 0 atom stereocenters. The lowest BCUT2D eigenvalue weighted by Crippen LogP contribution is -1.94. The van der Waals surface area contributed by atoms with Crippen LogP contribution >= 0.6 is 23.2 Å². The summed E-state index contributed by atoms with van der Waals surface area (Å²) in [5, 5.41) is 1.31. The monoisotopic (exact) mass is 255 g/mol. The highest BCUT2D eigenvalue weighted by atomic mass is 35.5. The van der Waals surface area contributed by atoms with Crippen LogP contribution in [0, 0.1) is 0 Å². The molecule has 16 heavy (non-hydrogen) atoms. The van der Waals surface area contributed by atoms with Gasteiger partial charge in [-0.2, -0.15) is 0 Å². The topological polar surface area (TPSA) is 12.4 Å². The Labute approximate surface area is 107 Å². The van der Waals surface area contributed by atoms with Crippen molar-refractivity contribution in [2.75, 3.05) is 6.54 Å². The molecule has 0 spiro atoms. The van der Waals surface area contributed by atoms with E-state index < -0.39 is 0 Å². The molecule has 3 heteroatoms. The van der Waals surface area contributed by atoms with Crippen LogP contribution in [0.4, 0.5) is 0 Å². The molecule has 86 valence electrons. The van der Waals surface area contributed by atoms with Crippen LogP contribution in [-0.4, -0.2) is 12.3 Å². The van der Waals surface area contributed by atoms with E-state index >= 15 is 0 Å². The third-order valence-corrected chi connectivity index (χ3v) is 2.64. The summed E-state index contributed by atoms with van der Waals surface area (Å²) < 4.78 is 0. The highest BCUT2D eigenvalue weighted by Gasteiger charge is 2.10. The fraction of sp³-hybridized carbons (Fsp3) is 0.308. The minimum Gasteiger partial charge on any atom is -0.280 e. The van der Waals surface area contributed by atoms with Crippen LogP contribution < -0.4 is 0 Å². The Morgan fingerprint density at radius 3 is 2.38 bits per heavy atom. The van der Waals surface area contributed by atoms with E-state index in [-0.39, 0.29) is 0 Å². The summed E-state index contributed by atoms with van der Waals surface area (Å²) in [4.78, 5) is 4.37. The lowest BCUT2D eigenvalue weighted by molar-refractivity contribution is 1.18. The molecule has 0 radical (unpaired) electrons. The fourth-order valence-corrected chi connectivity index (χ4v) is 1.90. The van der Waals surface area contributed by atoms with Crippen molar-refractivity contribution in [1.82, 2.24) is 0 Å². The second-order valence-electron chi connectivity index (χ2n) is 3.32. The molecule has 2 rings (SSSR count). The summed E-state index contributed by atoms with van der Waals surface area (Å²) in [6.45, 7) is 6.83. The minimum atomic E-state index is 0.651. The third-order valence-electron chi connectivity index (χ3n) is 2.09. The Morgan fingerprint density at radius 1 is 1.19 bits per heavy atom. The average Bonchev–Trinajstić information content (AvgIpc) is 2.68. The molecule has 0 saturated carbocycles. The van der Waals surface area contributed by atoms with Crippen LogP contribution in [0.2, 0.25) is 10.0 Å². The largest absolute Gasteiger partial charge is 0.280 e. The maximum atomic E-state index is 6.06. The molecule has 1 aromatic rings. The summed E-state index contributed by atoms with van der Waals surface area (Å²) in [7, 11) is 0. The SMILES string of the molecule is CC.CC1=CC(c2ccc(Cl)cc2Cl)=NC1. The van der Waals surface area contributed by atoms with Crippen LogP contribution in [0.5, 0.6) is 0 Å². The smallest absolute Gasteiger partial charge is 0.0665 e. The van der Waals surface area contributed by atoms with Crippen molar-refractivity contribution in [2.45, 2.75) is 20.8 Å². The molecule has 0 unspecified atom stereocenters. The molecule has 0 aromatic heterocycles. The first-order chi connectivity index (χ1) is 7.66. The third kappa shape index (κ3) is 3.10. The lowest BCUT2D eigenvalue weighted by Gasteiger charge is -2.02. The number of nitrogens with zero attached hydrogens (tertiary/aromatic N) is 1. The molecule has 0 bridgehead atoms. The zero-order valence-electron chi connectivity index (χ0n) is 9.72. The zero-order valence-corrected chi connectivity index (χ0v) is 11.2. The van der Waals surface area contributed by atoms with Gasteiger partial charge in [0, 0.05) is 10.6 Å². The molecule has 1 heterocycles. The summed E-state index contributed by atoms with van der Waals surface area (Å²) >= 11 is 11.9. The number of rotatable bonds is 1. The van der Waals surface area contributed by atoms with Crippen LogP contribution in [-0.2, 0) is 0 Å². The quantitative estimate of drug-likeness (QED) is 0.686. The van der Waals surface area contributed by atoms with Crippen molar-refractivity contribution >= 4 is 28.9 Å². The van der Waals surface area contributed by atoms with Gasteiger partial charge in [-0.3, -0.25) is 4.99 Å². The van der Waals surface area contributed by atoms with Gasteiger partial charge in [0.25, 0.3) is 0 Å². The molecule has 1 aromatic carbocycles. The molecule has 0 aliphatic carbocycles. The summed E-state index contributed by atoms with van der Waals surface area (Å²) in [5.41, 5.74) is 3.16. The first-order valence-corrected chi connectivity index (χ1v) is 6.09. The molecular weight excluding hydrogens is 241 g/mol. The Bertz CT molecular complexity index is 434. The molecule has 1 aliphatic rings. The van der Waals surface area contributed by atoms with Crippen molar-refractivity contribution in [3.63, 3.8) is 0 Å². The molecule has 0 N–H and O–H groups in total. The number of hydrogen-bond donors (Lipinski definition) is 0. The minimum absolute atomic E-state index is 0.651. The van der Waals surface area contributed by atoms with Crippen molar-refractivity contribution in [1.29, 1.82) is 0 Å². The van der Waals surface area contributed by atoms with E-state index in [0.717, 1.165) is 17.8 Å². The average molecular weight is 256 g/mol. The summed E-state index contributed by atoms with van der Waals surface area (Å²) in [6.07, 6.45) is 2.05. The number of benzene rings is 1. The van der Waals surface area contributed by atoms with Gasteiger partial charge in [-0.1, -0.05) is 37.0 Å². The van der Waals surface area contributed by atoms with Crippen LogP contribution in [0.1, 0.15) is 26.3 Å². The maximum Gasteiger partial charge on any atom is 0.0665 e. The van der Waals surface area contributed by atoms with Crippen LogP contribution in [0.15, 0.2) is 34.8 Å². The van der Waals surface area contributed by atoms with Gasteiger partial charge in [-0.25, -0.2) is 0 Å². The summed E-state index contributed by atoms with van der Waals surface area (Å²) in [6, 6.07) is 5.47. The highest BCUT2D eigenvalue weighted by Crippen LogP contribution is 2.23. The molecule has 0 fully saturated rings. The van der Waals surface area contributed by atoms with Crippen molar-refractivity contribution in [2.24, 2.45) is 4.99 Å². The van der Waals surface area contributed by atoms with Crippen LogP contribution in [0.25, 0.3) is 0 Å². The maximum absolute atomic E-state index is 6.06. The number of aliphatic imine (C=N–C) groups is 1. The highest BCUT2D eigenvalue weighted by molar-refractivity contribution is 6.37. The Kier molecular flexibility index (Phi) is 5.04. The first kappa shape index (κ1) is 13.3. The van der Waals surface area contributed by atoms with E-state index in [1.54, 1.807) is 6.07 Å². The van der Waals surface area contributed by atoms with Crippen molar-refractivity contribution < 1.29 is 0 Å². The summed E-state index contributed by atoms with van der Waals surface area (Å²) in [5.74, 6) is 0. The zero-order chi connectivity index (χ0) is 12.1. The Morgan fingerprint density at radius 2 is 1.88 bits per heavy atom. The molecule has 0 amide bonds. The van der Waals surface area contributed by atoms with Gasteiger partial charge in [-0.05, 0) is 36.8 Å². The Balaban J connectivity index is 0.000000606. The van der Waals surface area contributed by atoms with E-state index in [1.807, 2.05) is 26.0 Å². The van der Waals surface area contributed by atoms with E-state index in [0.29, 0.717) is 10.0 Å². The standard InChI is InChI=1S/C11H9Cl2N.C2H6/c1-7-4-11(14-6-7)9-3-2-8(12)5-10(9)13;1-2/h2-5H,6H2,1H3;1-2H3. The van der Waals surface area contributed by atoms with Gasteiger partial charge in [0.1, 0.15) is 0 Å². The van der Waals surface area contributed by atoms with Gasteiger partial charge in [0.05, 0.1) is 17.3 Å². The van der Waals surface area contributed by atoms with Crippen molar-refractivity contribution in [3.05, 3.63) is 45.5 Å². The van der Waals surface area contributed by atoms with E-state index in [1.165, 1.54) is 5.57 Å². The van der Waals surface area contributed by atoms with Gasteiger partial charge in [0.15, 0.2) is 0 Å². The number of hydrogen-bond acceptors (Lipinski definition) is 1. The fourth-order valence-electron chi connectivity index (χ4n) is 1.39. The van der Waals surface area contributed by atoms with Crippen molar-refractivity contribution in [3.8, 4) is 0 Å². The Hall–Kier alpha value is -0.790. The molecular formula is C13H15Cl2N.